The minimum atomic E-state index is -4.03. The molecule has 2 aromatic rings. The molecule has 0 saturated carbocycles. The van der Waals surface area contributed by atoms with E-state index in [1.165, 1.54) is 6.92 Å². The summed E-state index contributed by atoms with van der Waals surface area (Å²) in [6, 6.07) is 8.20. The van der Waals surface area contributed by atoms with Crippen molar-refractivity contribution >= 4 is 33.4 Å². The van der Waals surface area contributed by atoms with Gasteiger partial charge < -0.3 is 4.74 Å². The average molecular weight is 472 g/mol. The average Bonchev–Trinajstić information content (AvgIpc) is 2.70. The fourth-order valence-electron chi connectivity index (χ4n) is 2.46. The molecule has 11 heteroatoms. The van der Waals surface area contributed by atoms with Crippen molar-refractivity contribution in [1.29, 1.82) is 0 Å². The molecule has 2 amide bonds. The molecular weight excluding hydrogens is 449 g/mol. The summed E-state index contributed by atoms with van der Waals surface area (Å²) in [5.41, 5.74) is 5.25. The molecule has 0 aliphatic carbocycles. The molecular formula is C20H23ClFN3O5S. The summed E-state index contributed by atoms with van der Waals surface area (Å²) in [5, 5.41) is 0.606. The first kappa shape index (κ1) is 24.6. The lowest BCUT2D eigenvalue weighted by Gasteiger charge is -2.15. The fraction of sp³-hybridized carbons (Fsp3) is 0.300. The summed E-state index contributed by atoms with van der Waals surface area (Å²) >= 11 is 5.88. The highest BCUT2D eigenvalue weighted by molar-refractivity contribution is 7.89. The fourth-order valence-corrected chi connectivity index (χ4v) is 3.89. The number of benzene rings is 2. The van der Waals surface area contributed by atoms with E-state index in [4.69, 9.17) is 16.3 Å². The van der Waals surface area contributed by atoms with E-state index in [9.17, 15) is 22.4 Å². The normalized spacial score (nSPS) is 12.1. The van der Waals surface area contributed by atoms with E-state index in [1.54, 1.807) is 18.2 Å². The summed E-state index contributed by atoms with van der Waals surface area (Å²) in [6.45, 7) is 3.46. The minimum absolute atomic E-state index is 0.0859. The van der Waals surface area contributed by atoms with Crippen LogP contribution in [-0.2, 0) is 19.6 Å². The maximum absolute atomic E-state index is 12.9. The molecule has 0 aliphatic heterocycles. The quantitative estimate of drug-likeness (QED) is 0.384. The van der Waals surface area contributed by atoms with Crippen LogP contribution < -0.4 is 20.3 Å². The van der Waals surface area contributed by atoms with Crippen LogP contribution in [0.3, 0.4) is 0 Å². The van der Waals surface area contributed by atoms with E-state index in [0.717, 1.165) is 29.8 Å². The number of carbonyl (C=O) groups excluding carboxylic acids is 2. The van der Waals surface area contributed by atoms with Crippen molar-refractivity contribution in [3.8, 4) is 5.75 Å². The number of carbonyl (C=O) groups is 2. The maximum Gasteiger partial charge on any atom is 0.256 e. The van der Waals surface area contributed by atoms with Gasteiger partial charge >= 0.3 is 0 Å². The zero-order valence-electron chi connectivity index (χ0n) is 16.9. The van der Waals surface area contributed by atoms with Gasteiger partial charge in [0, 0.05) is 11.4 Å². The smallest absolute Gasteiger partial charge is 0.256 e. The van der Waals surface area contributed by atoms with Crippen molar-refractivity contribution in [2.45, 2.75) is 37.6 Å². The van der Waals surface area contributed by atoms with Crippen LogP contribution in [0.15, 0.2) is 47.4 Å². The second-order valence-corrected chi connectivity index (χ2v) is 8.85. The molecule has 0 radical (unpaired) electrons. The van der Waals surface area contributed by atoms with Crippen LogP contribution in [-0.4, -0.2) is 32.9 Å². The van der Waals surface area contributed by atoms with E-state index in [1.807, 2.05) is 6.92 Å². The first-order valence-electron chi connectivity index (χ1n) is 9.34. The highest BCUT2D eigenvalue weighted by Gasteiger charge is 2.22. The first-order chi connectivity index (χ1) is 14.6. The van der Waals surface area contributed by atoms with E-state index >= 15 is 0 Å². The Kier molecular flexibility index (Phi) is 8.78. The molecule has 0 heterocycles. The summed E-state index contributed by atoms with van der Waals surface area (Å²) in [5.74, 6) is -1.13. The number of ether oxygens (including phenoxy) is 1. The Balaban J connectivity index is 1.72. The lowest BCUT2D eigenvalue weighted by atomic mass is 10.2. The van der Waals surface area contributed by atoms with Gasteiger partial charge in [-0.25, -0.2) is 12.8 Å². The van der Waals surface area contributed by atoms with E-state index in [0.29, 0.717) is 17.2 Å². The summed E-state index contributed by atoms with van der Waals surface area (Å²) < 4.78 is 45.1. The van der Waals surface area contributed by atoms with Crippen LogP contribution in [0.1, 0.15) is 25.3 Å². The topological polar surface area (TPSA) is 114 Å². The van der Waals surface area contributed by atoms with E-state index < -0.39 is 33.7 Å². The second-order valence-electron chi connectivity index (χ2n) is 6.70. The van der Waals surface area contributed by atoms with Gasteiger partial charge in [0.1, 0.15) is 11.6 Å². The summed E-state index contributed by atoms with van der Waals surface area (Å²) in [7, 11) is -4.03. The van der Waals surface area contributed by atoms with Gasteiger partial charge in [0.2, 0.25) is 15.9 Å². The van der Waals surface area contributed by atoms with Crippen molar-refractivity contribution in [3.05, 3.63) is 58.9 Å². The maximum atomic E-state index is 12.9. The minimum Gasteiger partial charge on any atom is -0.493 e. The molecule has 168 valence electrons. The third kappa shape index (κ3) is 7.82. The Hall–Kier alpha value is -2.69. The predicted molar refractivity (Wildman–Crippen MR) is 113 cm³/mol. The molecule has 0 saturated heterocycles. The molecule has 31 heavy (non-hydrogen) atoms. The Morgan fingerprint density at radius 1 is 1.13 bits per heavy atom. The third-order valence-electron chi connectivity index (χ3n) is 4.12. The second kappa shape index (κ2) is 11.1. The zero-order chi connectivity index (χ0) is 23.0. The van der Waals surface area contributed by atoms with E-state index in [-0.39, 0.29) is 17.9 Å². The third-order valence-corrected chi connectivity index (χ3v) is 5.91. The summed E-state index contributed by atoms with van der Waals surface area (Å²) in [4.78, 5) is 23.7. The van der Waals surface area contributed by atoms with Gasteiger partial charge in [-0.05, 0) is 68.3 Å². The standard InChI is InChI=1S/C20H23ClFN3O5S/c1-13-12-15(21)5-10-18(13)30-11-3-4-19(26)23-24-20(27)14(2)25-31(28,29)17-8-6-16(22)7-9-17/h5-10,12,14,25H,3-4,11H2,1-2H3,(H,23,26)(H,24,27). The van der Waals surface area contributed by atoms with Crippen LogP contribution in [0.25, 0.3) is 0 Å². The van der Waals surface area contributed by atoms with Crippen LogP contribution in [0.4, 0.5) is 4.39 Å². The molecule has 1 unspecified atom stereocenters. The van der Waals surface area contributed by atoms with Crippen LogP contribution in [0.5, 0.6) is 5.75 Å². The molecule has 1 atom stereocenters. The Bertz CT molecular complexity index is 1030. The number of rotatable bonds is 9. The highest BCUT2D eigenvalue weighted by atomic mass is 35.5. The molecule has 0 spiro atoms. The number of hydrogen-bond acceptors (Lipinski definition) is 5. The number of amides is 2. The van der Waals surface area contributed by atoms with Gasteiger partial charge in [-0.3, -0.25) is 20.4 Å². The van der Waals surface area contributed by atoms with Crippen molar-refractivity contribution < 1.29 is 27.1 Å². The van der Waals surface area contributed by atoms with Crippen molar-refractivity contribution in [3.63, 3.8) is 0 Å². The SMILES string of the molecule is Cc1cc(Cl)ccc1OCCCC(=O)NNC(=O)C(C)NS(=O)(=O)c1ccc(F)cc1. The number of aryl methyl sites for hydroxylation is 1. The molecule has 8 nitrogen and oxygen atoms in total. The van der Waals surface area contributed by atoms with Crippen LogP contribution in [0.2, 0.25) is 5.02 Å². The van der Waals surface area contributed by atoms with Crippen molar-refractivity contribution in [1.82, 2.24) is 15.6 Å². The Morgan fingerprint density at radius 2 is 1.81 bits per heavy atom. The van der Waals surface area contributed by atoms with Crippen LogP contribution in [0, 0.1) is 12.7 Å². The summed E-state index contributed by atoms with van der Waals surface area (Å²) in [6.07, 6.45) is 0.485. The molecule has 0 fully saturated rings. The Morgan fingerprint density at radius 3 is 2.45 bits per heavy atom. The van der Waals surface area contributed by atoms with Gasteiger partial charge in [-0.15, -0.1) is 0 Å². The molecule has 0 aromatic heterocycles. The lowest BCUT2D eigenvalue weighted by Crippen LogP contribution is -2.51. The van der Waals surface area contributed by atoms with E-state index in [2.05, 4.69) is 15.6 Å². The first-order valence-corrected chi connectivity index (χ1v) is 11.2. The predicted octanol–water partition coefficient (Wildman–Crippen LogP) is 2.46. The molecule has 0 aliphatic rings. The van der Waals surface area contributed by atoms with Gasteiger partial charge in [0.25, 0.3) is 5.91 Å². The van der Waals surface area contributed by atoms with Gasteiger partial charge in [-0.1, -0.05) is 11.6 Å². The molecule has 3 N–H and O–H groups in total. The molecule has 0 bridgehead atoms. The van der Waals surface area contributed by atoms with Crippen molar-refractivity contribution in [2.75, 3.05) is 6.61 Å². The number of halogens is 2. The number of hydrogen-bond donors (Lipinski definition) is 3. The monoisotopic (exact) mass is 471 g/mol. The molecule has 2 aromatic carbocycles. The van der Waals surface area contributed by atoms with Crippen LogP contribution >= 0.6 is 11.6 Å². The lowest BCUT2D eigenvalue weighted by molar-refractivity contribution is -0.129. The highest BCUT2D eigenvalue weighted by Crippen LogP contribution is 2.21. The van der Waals surface area contributed by atoms with Gasteiger partial charge in [0.15, 0.2) is 0 Å². The number of nitrogens with one attached hydrogen (secondary N) is 3. The number of hydrazine groups is 1. The zero-order valence-corrected chi connectivity index (χ0v) is 18.5. The van der Waals surface area contributed by atoms with Gasteiger partial charge in [0.05, 0.1) is 17.5 Å². The van der Waals surface area contributed by atoms with Crippen molar-refractivity contribution in [2.24, 2.45) is 0 Å². The Labute approximate surface area is 185 Å². The van der Waals surface area contributed by atoms with Gasteiger partial charge in [-0.2, -0.15) is 4.72 Å². The molecule has 2 rings (SSSR count). The number of sulfonamides is 1. The largest absolute Gasteiger partial charge is 0.493 e.